The Kier molecular flexibility index (Phi) is 4.49. The Balaban J connectivity index is 1.94. The van der Waals surface area contributed by atoms with Crippen LogP contribution in [0.2, 0.25) is 0 Å². The standard InChI is InChI=1S/C13H15BrFN3/c1-2-18-6-5-17-13(18)9-16-8-10-7-11(14)3-4-12(10)15/h3-7,16H,2,8-9H2,1H3. The number of imidazole rings is 1. The minimum absolute atomic E-state index is 0.190. The van der Waals surface area contributed by atoms with Crippen molar-refractivity contribution in [2.75, 3.05) is 0 Å². The third-order valence-electron chi connectivity index (χ3n) is 2.75. The lowest BCUT2D eigenvalue weighted by molar-refractivity contribution is 0.571. The summed E-state index contributed by atoms with van der Waals surface area (Å²) in [5.74, 6) is 0.775. The van der Waals surface area contributed by atoms with E-state index in [1.54, 1.807) is 18.3 Å². The molecule has 0 saturated carbocycles. The van der Waals surface area contributed by atoms with Crippen LogP contribution in [0.4, 0.5) is 4.39 Å². The Hall–Kier alpha value is -1.20. The number of benzene rings is 1. The topological polar surface area (TPSA) is 29.9 Å². The first-order valence-corrected chi connectivity index (χ1v) is 6.64. The normalized spacial score (nSPS) is 10.8. The molecule has 0 spiro atoms. The van der Waals surface area contributed by atoms with Gasteiger partial charge in [0.15, 0.2) is 0 Å². The molecule has 2 rings (SSSR count). The molecule has 18 heavy (non-hydrogen) atoms. The van der Waals surface area contributed by atoms with E-state index in [1.165, 1.54) is 6.07 Å². The van der Waals surface area contributed by atoms with Crippen LogP contribution in [0.3, 0.4) is 0 Å². The highest BCUT2D eigenvalue weighted by molar-refractivity contribution is 9.10. The minimum atomic E-state index is -0.190. The predicted molar refractivity (Wildman–Crippen MR) is 72.5 cm³/mol. The number of aromatic nitrogens is 2. The average molecular weight is 312 g/mol. The lowest BCUT2D eigenvalue weighted by atomic mass is 10.2. The molecule has 0 aliphatic carbocycles. The first-order valence-electron chi connectivity index (χ1n) is 5.85. The van der Waals surface area contributed by atoms with Gasteiger partial charge in [0.1, 0.15) is 11.6 Å². The molecule has 5 heteroatoms. The van der Waals surface area contributed by atoms with Crippen molar-refractivity contribution in [1.29, 1.82) is 0 Å². The summed E-state index contributed by atoms with van der Waals surface area (Å²) < 4.78 is 16.4. The number of hydrogen-bond acceptors (Lipinski definition) is 2. The Morgan fingerprint density at radius 1 is 1.39 bits per heavy atom. The lowest BCUT2D eigenvalue weighted by Crippen LogP contribution is -2.17. The molecule has 1 aromatic heterocycles. The fraction of sp³-hybridized carbons (Fsp3) is 0.308. The molecule has 0 unspecified atom stereocenters. The van der Waals surface area contributed by atoms with Crippen molar-refractivity contribution in [2.24, 2.45) is 0 Å². The maximum absolute atomic E-state index is 13.5. The minimum Gasteiger partial charge on any atom is -0.334 e. The zero-order chi connectivity index (χ0) is 13.0. The fourth-order valence-electron chi connectivity index (χ4n) is 1.78. The van der Waals surface area contributed by atoms with E-state index in [-0.39, 0.29) is 5.82 Å². The van der Waals surface area contributed by atoms with Gasteiger partial charge in [0.2, 0.25) is 0 Å². The monoisotopic (exact) mass is 311 g/mol. The van der Waals surface area contributed by atoms with E-state index >= 15 is 0 Å². The van der Waals surface area contributed by atoms with Gasteiger partial charge in [-0.15, -0.1) is 0 Å². The van der Waals surface area contributed by atoms with Crippen molar-refractivity contribution in [1.82, 2.24) is 14.9 Å². The van der Waals surface area contributed by atoms with Crippen LogP contribution < -0.4 is 5.32 Å². The molecule has 0 aliphatic rings. The van der Waals surface area contributed by atoms with Gasteiger partial charge in [0.05, 0.1) is 6.54 Å². The van der Waals surface area contributed by atoms with Gasteiger partial charge in [-0.2, -0.15) is 0 Å². The SMILES string of the molecule is CCn1ccnc1CNCc1cc(Br)ccc1F. The largest absolute Gasteiger partial charge is 0.334 e. The number of hydrogen-bond donors (Lipinski definition) is 1. The molecule has 2 aromatic rings. The zero-order valence-electron chi connectivity index (χ0n) is 10.2. The van der Waals surface area contributed by atoms with E-state index in [2.05, 4.69) is 37.7 Å². The van der Waals surface area contributed by atoms with Crippen LogP contribution in [-0.4, -0.2) is 9.55 Å². The molecular weight excluding hydrogens is 297 g/mol. The summed E-state index contributed by atoms with van der Waals surface area (Å²) in [6.07, 6.45) is 3.72. The Bertz CT molecular complexity index is 525. The van der Waals surface area contributed by atoms with Crippen LogP contribution in [0.5, 0.6) is 0 Å². The van der Waals surface area contributed by atoms with E-state index in [0.29, 0.717) is 18.7 Å². The highest BCUT2D eigenvalue weighted by atomic mass is 79.9. The van der Waals surface area contributed by atoms with Crippen molar-refractivity contribution in [2.45, 2.75) is 26.6 Å². The number of rotatable bonds is 5. The predicted octanol–water partition coefficient (Wildman–Crippen LogP) is 3.09. The third kappa shape index (κ3) is 3.17. The zero-order valence-corrected chi connectivity index (χ0v) is 11.7. The van der Waals surface area contributed by atoms with Gasteiger partial charge >= 0.3 is 0 Å². The first-order chi connectivity index (χ1) is 8.70. The molecule has 96 valence electrons. The van der Waals surface area contributed by atoms with Gasteiger partial charge in [0, 0.05) is 35.5 Å². The summed E-state index contributed by atoms with van der Waals surface area (Å²) in [5, 5.41) is 3.20. The summed E-state index contributed by atoms with van der Waals surface area (Å²) >= 11 is 3.34. The fourth-order valence-corrected chi connectivity index (χ4v) is 2.19. The van der Waals surface area contributed by atoms with Gasteiger partial charge in [-0.05, 0) is 25.1 Å². The van der Waals surface area contributed by atoms with Crippen molar-refractivity contribution in [3.8, 4) is 0 Å². The van der Waals surface area contributed by atoms with Gasteiger partial charge in [-0.3, -0.25) is 0 Å². The molecule has 0 radical (unpaired) electrons. The molecular formula is C13H15BrFN3. The van der Waals surface area contributed by atoms with Crippen molar-refractivity contribution in [3.05, 3.63) is 52.3 Å². The quantitative estimate of drug-likeness (QED) is 0.919. The summed E-state index contributed by atoms with van der Waals surface area (Å²) in [7, 11) is 0. The van der Waals surface area contributed by atoms with Crippen LogP contribution in [0.25, 0.3) is 0 Å². The van der Waals surface area contributed by atoms with E-state index in [4.69, 9.17) is 0 Å². The van der Waals surface area contributed by atoms with Crippen LogP contribution in [-0.2, 0) is 19.6 Å². The summed E-state index contributed by atoms with van der Waals surface area (Å²) in [6, 6.07) is 4.95. The van der Waals surface area contributed by atoms with Crippen LogP contribution >= 0.6 is 15.9 Å². The highest BCUT2D eigenvalue weighted by Gasteiger charge is 2.04. The molecule has 1 N–H and O–H groups in total. The van der Waals surface area contributed by atoms with Gasteiger partial charge < -0.3 is 9.88 Å². The van der Waals surface area contributed by atoms with Crippen LogP contribution in [0, 0.1) is 5.82 Å². The molecule has 0 bridgehead atoms. The van der Waals surface area contributed by atoms with E-state index in [1.807, 2.05) is 6.20 Å². The second kappa shape index (κ2) is 6.11. The first kappa shape index (κ1) is 13.2. The van der Waals surface area contributed by atoms with Crippen molar-refractivity contribution >= 4 is 15.9 Å². The van der Waals surface area contributed by atoms with Crippen LogP contribution in [0.15, 0.2) is 35.1 Å². The summed E-state index contributed by atoms with van der Waals surface area (Å²) in [6.45, 7) is 4.08. The Morgan fingerprint density at radius 3 is 3.00 bits per heavy atom. The molecule has 0 amide bonds. The molecule has 0 saturated heterocycles. The highest BCUT2D eigenvalue weighted by Crippen LogP contribution is 2.15. The molecule has 0 atom stereocenters. The number of nitrogens with one attached hydrogen (secondary N) is 1. The number of halogens is 2. The Morgan fingerprint density at radius 2 is 2.22 bits per heavy atom. The maximum Gasteiger partial charge on any atom is 0.127 e. The molecule has 0 aliphatic heterocycles. The van der Waals surface area contributed by atoms with Gasteiger partial charge in [-0.1, -0.05) is 15.9 Å². The number of nitrogens with zero attached hydrogens (tertiary/aromatic N) is 2. The van der Waals surface area contributed by atoms with E-state index in [9.17, 15) is 4.39 Å². The number of aryl methyl sites for hydroxylation is 1. The average Bonchev–Trinajstić information content (AvgIpc) is 2.81. The molecule has 0 fully saturated rings. The maximum atomic E-state index is 13.5. The van der Waals surface area contributed by atoms with E-state index in [0.717, 1.165) is 16.8 Å². The van der Waals surface area contributed by atoms with Crippen molar-refractivity contribution < 1.29 is 4.39 Å². The van der Waals surface area contributed by atoms with Gasteiger partial charge in [0.25, 0.3) is 0 Å². The smallest absolute Gasteiger partial charge is 0.127 e. The second-order valence-corrected chi connectivity index (χ2v) is 4.88. The lowest BCUT2D eigenvalue weighted by Gasteiger charge is -2.08. The Labute approximate surface area is 114 Å². The van der Waals surface area contributed by atoms with Gasteiger partial charge in [-0.25, -0.2) is 9.37 Å². The summed E-state index contributed by atoms with van der Waals surface area (Å²) in [5.41, 5.74) is 0.652. The third-order valence-corrected chi connectivity index (χ3v) is 3.24. The second-order valence-electron chi connectivity index (χ2n) is 3.97. The molecule has 1 heterocycles. The van der Waals surface area contributed by atoms with Crippen molar-refractivity contribution in [3.63, 3.8) is 0 Å². The molecule has 3 nitrogen and oxygen atoms in total. The molecule has 1 aromatic carbocycles. The van der Waals surface area contributed by atoms with Crippen LogP contribution in [0.1, 0.15) is 18.3 Å². The summed E-state index contributed by atoms with van der Waals surface area (Å²) in [4.78, 5) is 4.26. The van der Waals surface area contributed by atoms with E-state index < -0.39 is 0 Å².